The Kier molecular flexibility index (Phi) is 46.6. The zero-order valence-electron chi connectivity index (χ0n) is 38.6. The Labute approximate surface area is 356 Å². The fourth-order valence-corrected chi connectivity index (χ4v) is 8.17. The van der Waals surface area contributed by atoms with Gasteiger partial charge in [0.1, 0.15) is 0 Å². The van der Waals surface area contributed by atoms with Crippen LogP contribution in [0, 0.1) is 0 Å². The molecule has 1 amide bonds. The maximum atomic E-state index is 12.4. The molecule has 0 aromatic heterocycles. The highest BCUT2D eigenvalue weighted by atomic mass is 16.5. The van der Waals surface area contributed by atoms with Crippen molar-refractivity contribution in [3.05, 3.63) is 0 Å². The van der Waals surface area contributed by atoms with Gasteiger partial charge in [0.2, 0.25) is 5.91 Å². The van der Waals surface area contributed by atoms with E-state index in [4.69, 9.17) is 4.74 Å². The van der Waals surface area contributed by atoms with Gasteiger partial charge in [-0.15, -0.1) is 0 Å². The first kappa shape index (κ1) is 55.9. The molecule has 0 aromatic carbocycles. The summed E-state index contributed by atoms with van der Waals surface area (Å²) in [6.07, 6.45) is 52.2. The molecule has 0 aliphatic rings. The molecule has 0 aliphatic carbocycles. The van der Waals surface area contributed by atoms with E-state index in [-0.39, 0.29) is 18.5 Å². The molecule has 0 aromatic rings. The maximum absolute atomic E-state index is 12.4. The van der Waals surface area contributed by atoms with Gasteiger partial charge in [0, 0.05) is 12.8 Å². The minimum absolute atomic E-state index is 0.00129. The number of hydrogen-bond donors (Lipinski definition) is 3. The maximum Gasteiger partial charge on any atom is 0.305 e. The van der Waals surface area contributed by atoms with Crippen LogP contribution in [0.15, 0.2) is 0 Å². The van der Waals surface area contributed by atoms with E-state index < -0.39 is 12.1 Å². The first-order chi connectivity index (χ1) is 28.0. The van der Waals surface area contributed by atoms with Crippen LogP contribution < -0.4 is 5.32 Å². The van der Waals surface area contributed by atoms with Gasteiger partial charge >= 0.3 is 5.97 Å². The summed E-state index contributed by atoms with van der Waals surface area (Å²) >= 11 is 0. The summed E-state index contributed by atoms with van der Waals surface area (Å²) in [6, 6.07) is -0.547. The number of amides is 1. The second kappa shape index (κ2) is 47.5. The molecule has 0 bridgehead atoms. The number of ether oxygens (including phenoxy) is 1. The Balaban J connectivity index is 3.39. The van der Waals surface area contributed by atoms with Gasteiger partial charge in [-0.25, -0.2) is 0 Å². The van der Waals surface area contributed by atoms with E-state index >= 15 is 0 Å². The van der Waals surface area contributed by atoms with Crippen molar-refractivity contribution in [2.24, 2.45) is 0 Å². The van der Waals surface area contributed by atoms with E-state index in [0.717, 1.165) is 51.4 Å². The Bertz CT molecular complexity index is 806. The minimum atomic E-state index is -0.669. The number of esters is 1. The molecule has 0 spiro atoms. The molecule has 0 saturated heterocycles. The van der Waals surface area contributed by atoms with Crippen LogP contribution >= 0.6 is 0 Å². The lowest BCUT2D eigenvalue weighted by atomic mass is 10.0. The molecule has 2 unspecified atom stereocenters. The van der Waals surface area contributed by atoms with Crippen molar-refractivity contribution in [3.63, 3.8) is 0 Å². The molecule has 6 nitrogen and oxygen atoms in total. The van der Waals surface area contributed by atoms with Crippen LogP contribution in [0.1, 0.15) is 290 Å². The molecule has 340 valence electrons. The van der Waals surface area contributed by atoms with Crippen molar-refractivity contribution < 1.29 is 24.5 Å². The van der Waals surface area contributed by atoms with Crippen LogP contribution in [0.3, 0.4) is 0 Å². The molecule has 0 radical (unpaired) electrons. The molecule has 0 rings (SSSR count). The number of unbranched alkanes of at least 4 members (excludes halogenated alkanes) is 37. The van der Waals surface area contributed by atoms with E-state index in [1.165, 1.54) is 205 Å². The summed E-state index contributed by atoms with van der Waals surface area (Å²) in [5.41, 5.74) is 0. The lowest BCUT2D eigenvalue weighted by molar-refractivity contribution is -0.143. The normalized spacial score (nSPS) is 12.6. The third kappa shape index (κ3) is 44.2. The fraction of sp³-hybridized carbons (Fsp3) is 0.961. The highest BCUT2D eigenvalue weighted by Gasteiger charge is 2.20. The first-order valence-corrected chi connectivity index (χ1v) is 25.8. The summed E-state index contributed by atoms with van der Waals surface area (Å²) in [7, 11) is 0. The van der Waals surface area contributed by atoms with Gasteiger partial charge in [-0.1, -0.05) is 251 Å². The van der Waals surface area contributed by atoms with E-state index in [9.17, 15) is 19.8 Å². The van der Waals surface area contributed by atoms with Crippen LogP contribution in [0.25, 0.3) is 0 Å². The Hall–Kier alpha value is -1.14. The summed E-state index contributed by atoms with van der Waals surface area (Å²) in [4.78, 5) is 24.4. The lowest BCUT2D eigenvalue weighted by Gasteiger charge is -2.22. The van der Waals surface area contributed by atoms with Gasteiger partial charge in [-0.3, -0.25) is 9.59 Å². The zero-order chi connectivity index (χ0) is 41.5. The molecule has 0 aliphatic heterocycles. The number of carbonyl (C=O) groups excluding carboxylic acids is 2. The minimum Gasteiger partial charge on any atom is -0.466 e. The molecule has 2 atom stereocenters. The van der Waals surface area contributed by atoms with E-state index in [1.54, 1.807) is 0 Å². The third-order valence-corrected chi connectivity index (χ3v) is 12.2. The quantitative estimate of drug-likeness (QED) is 0.0420. The van der Waals surface area contributed by atoms with Crippen LogP contribution in [0.5, 0.6) is 0 Å². The topological polar surface area (TPSA) is 95.9 Å². The second-order valence-electron chi connectivity index (χ2n) is 17.9. The highest BCUT2D eigenvalue weighted by molar-refractivity contribution is 5.76. The zero-order valence-corrected chi connectivity index (χ0v) is 38.6. The molecule has 0 saturated carbocycles. The number of rotatable bonds is 48. The van der Waals surface area contributed by atoms with Crippen LogP contribution in [-0.2, 0) is 14.3 Å². The Morgan fingerprint density at radius 3 is 1.07 bits per heavy atom. The number of nitrogens with one attached hydrogen (secondary N) is 1. The fourth-order valence-electron chi connectivity index (χ4n) is 8.17. The van der Waals surface area contributed by atoms with Gasteiger partial charge in [0.25, 0.3) is 0 Å². The molecule has 0 fully saturated rings. The molecular weight excluding hydrogens is 707 g/mol. The van der Waals surface area contributed by atoms with Crippen molar-refractivity contribution in [1.82, 2.24) is 5.32 Å². The van der Waals surface area contributed by atoms with Crippen LogP contribution in [-0.4, -0.2) is 47.4 Å². The summed E-state index contributed by atoms with van der Waals surface area (Å²) in [6.45, 7) is 4.92. The van der Waals surface area contributed by atoms with Crippen molar-refractivity contribution in [2.45, 2.75) is 302 Å². The molecule has 0 heterocycles. The smallest absolute Gasteiger partial charge is 0.305 e. The van der Waals surface area contributed by atoms with Gasteiger partial charge in [0.15, 0.2) is 0 Å². The molecule has 3 N–H and O–H groups in total. The number of aliphatic hydroxyl groups is 2. The number of carbonyl (C=O) groups is 2. The van der Waals surface area contributed by atoms with E-state index in [0.29, 0.717) is 25.9 Å². The van der Waals surface area contributed by atoms with Gasteiger partial charge in [-0.05, 0) is 25.7 Å². The third-order valence-electron chi connectivity index (χ3n) is 12.2. The van der Waals surface area contributed by atoms with E-state index in [2.05, 4.69) is 19.2 Å². The molecule has 6 heteroatoms. The number of hydrogen-bond acceptors (Lipinski definition) is 5. The summed E-state index contributed by atoms with van der Waals surface area (Å²) in [5, 5.41) is 23.1. The Morgan fingerprint density at radius 2 is 0.719 bits per heavy atom. The monoisotopic (exact) mass is 808 g/mol. The standard InChI is InChI=1S/C51H101NO5/c1-3-5-7-9-11-13-15-16-17-18-19-22-25-29-33-37-41-45-51(56)57-46-42-38-34-30-26-23-20-21-24-28-32-36-40-44-50(55)52-48(47-53)49(54)43-39-35-31-27-14-12-10-8-6-4-2/h48-49,53-54H,3-47H2,1-2H3,(H,52,55). The predicted octanol–water partition coefficient (Wildman–Crippen LogP) is 15.2. The van der Waals surface area contributed by atoms with Crippen molar-refractivity contribution in [2.75, 3.05) is 13.2 Å². The van der Waals surface area contributed by atoms with Crippen molar-refractivity contribution in [1.29, 1.82) is 0 Å². The lowest BCUT2D eigenvalue weighted by Crippen LogP contribution is -2.45. The van der Waals surface area contributed by atoms with Gasteiger partial charge in [-0.2, -0.15) is 0 Å². The molecule has 57 heavy (non-hydrogen) atoms. The van der Waals surface area contributed by atoms with Crippen molar-refractivity contribution in [3.8, 4) is 0 Å². The van der Waals surface area contributed by atoms with Crippen molar-refractivity contribution >= 4 is 11.9 Å². The van der Waals surface area contributed by atoms with Crippen LogP contribution in [0.4, 0.5) is 0 Å². The average Bonchev–Trinajstić information content (AvgIpc) is 3.21. The van der Waals surface area contributed by atoms with E-state index in [1.807, 2.05) is 0 Å². The second-order valence-corrected chi connectivity index (χ2v) is 17.9. The largest absolute Gasteiger partial charge is 0.466 e. The van der Waals surface area contributed by atoms with Crippen LogP contribution in [0.2, 0.25) is 0 Å². The first-order valence-electron chi connectivity index (χ1n) is 25.8. The SMILES string of the molecule is CCCCCCCCCCCCCCCCCCCC(=O)OCCCCCCCCCCCCCCCC(=O)NC(CO)C(O)CCCCCCCCCCCC. The van der Waals surface area contributed by atoms with Gasteiger partial charge < -0.3 is 20.3 Å². The van der Waals surface area contributed by atoms with Gasteiger partial charge in [0.05, 0.1) is 25.4 Å². The Morgan fingerprint density at radius 1 is 0.421 bits per heavy atom. The molecular formula is C51H101NO5. The summed E-state index contributed by atoms with van der Waals surface area (Å²) < 4.78 is 5.47. The average molecular weight is 808 g/mol. The predicted molar refractivity (Wildman–Crippen MR) is 246 cm³/mol. The summed E-state index contributed by atoms with van der Waals surface area (Å²) in [5.74, 6) is -0.0494. The number of aliphatic hydroxyl groups excluding tert-OH is 2. The highest BCUT2D eigenvalue weighted by Crippen LogP contribution is 2.17.